The first-order valence-electron chi connectivity index (χ1n) is 13.0. The average Bonchev–Trinajstić information content (AvgIpc) is 3.64. The molecule has 5 rings (SSSR count). The summed E-state index contributed by atoms with van der Waals surface area (Å²) in [5.74, 6) is 0.722. The normalized spacial score (nSPS) is 16.5. The Morgan fingerprint density at radius 2 is 2.00 bits per heavy atom. The van der Waals surface area contributed by atoms with Crippen LogP contribution in [0.3, 0.4) is 0 Å². The van der Waals surface area contributed by atoms with Crippen LogP contribution in [0.1, 0.15) is 71.4 Å². The fraction of sp³-hybridized carbons (Fsp3) is 0.414. The lowest BCUT2D eigenvalue weighted by atomic mass is 9.80. The second kappa shape index (κ2) is 10.6. The van der Waals surface area contributed by atoms with Crippen LogP contribution in [0.2, 0.25) is 0 Å². The average molecular weight is 656 g/mol. The Morgan fingerprint density at radius 1 is 1.21 bits per heavy atom. The van der Waals surface area contributed by atoms with Crippen molar-refractivity contribution in [1.29, 1.82) is 0 Å². The number of nitrogens with one attached hydrogen (secondary N) is 2. The lowest BCUT2D eigenvalue weighted by molar-refractivity contribution is 0.0907. The van der Waals surface area contributed by atoms with E-state index >= 15 is 0 Å². The fourth-order valence-corrected chi connectivity index (χ4v) is 6.85. The molecule has 1 aliphatic rings. The van der Waals surface area contributed by atoms with Crippen LogP contribution in [-0.2, 0) is 18.9 Å². The Hall–Kier alpha value is -2.86. The van der Waals surface area contributed by atoms with Gasteiger partial charge in [-0.05, 0) is 61.6 Å². The number of anilines is 2. The number of benzene rings is 1. The highest BCUT2D eigenvalue weighted by Crippen LogP contribution is 2.44. The first kappa shape index (κ1) is 27.7. The lowest BCUT2D eigenvalue weighted by Crippen LogP contribution is -2.51. The molecule has 1 amide bonds. The number of carbonyl (C=O) groups is 1. The number of alkyl halides is 1. The number of halogens is 1. The second-order valence-electron chi connectivity index (χ2n) is 11.5. The monoisotopic (exact) mass is 655 g/mol. The molecule has 39 heavy (non-hydrogen) atoms. The summed E-state index contributed by atoms with van der Waals surface area (Å²) < 4.78 is 2.54. The van der Waals surface area contributed by atoms with Crippen molar-refractivity contribution in [3.8, 4) is 11.3 Å². The van der Waals surface area contributed by atoms with Crippen LogP contribution in [0.5, 0.6) is 0 Å². The molecule has 10 heteroatoms. The predicted octanol–water partition coefficient (Wildman–Crippen LogP) is 6.34. The van der Waals surface area contributed by atoms with Crippen molar-refractivity contribution in [1.82, 2.24) is 30.0 Å². The molecule has 0 fully saturated rings. The van der Waals surface area contributed by atoms with E-state index in [-0.39, 0.29) is 22.8 Å². The molecule has 8 nitrogen and oxygen atoms in total. The smallest absolute Gasteiger partial charge is 0.263 e. The lowest BCUT2D eigenvalue weighted by Gasteiger charge is -2.36. The van der Waals surface area contributed by atoms with Crippen LogP contribution in [0.25, 0.3) is 11.3 Å². The molecule has 0 aliphatic heterocycles. The highest BCUT2D eigenvalue weighted by atomic mass is 127. The predicted molar refractivity (Wildman–Crippen MR) is 165 cm³/mol. The van der Waals surface area contributed by atoms with Crippen LogP contribution < -0.4 is 10.6 Å². The first-order valence-corrected chi connectivity index (χ1v) is 15.4. The number of carbonyl (C=O) groups excluding carboxylic acids is 1. The van der Waals surface area contributed by atoms with Crippen LogP contribution >= 0.6 is 33.9 Å². The highest BCUT2D eigenvalue weighted by Gasteiger charge is 2.41. The topological polar surface area (TPSA) is 97.6 Å². The molecule has 0 spiro atoms. The van der Waals surface area contributed by atoms with E-state index in [1.54, 1.807) is 23.3 Å². The van der Waals surface area contributed by atoms with Crippen LogP contribution in [0.4, 0.5) is 11.6 Å². The van der Waals surface area contributed by atoms with E-state index in [1.165, 1.54) is 28.0 Å². The van der Waals surface area contributed by atoms with Gasteiger partial charge in [-0.3, -0.25) is 9.48 Å². The van der Waals surface area contributed by atoms with Gasteiger partial charge in [-0.25, -0.2) is 15.0 Å². The maximum absolute atomic E-state index is 13.3. The molecule has 0 saturated carbocycles. The third-order valence-corrected chi connectivity index (χ3v) is 10.3. The van der Waals surface area contributed by atoms with Gasteiger partial charge in [0, 0.05) is 40.8 Å². The number of aryl methyl sites for hydroxylation is 3. The van der Waals surface area contributed by atoms with Crippen molar-refractivity contribution in [3.05, 3.63) is 69.6 Å². The molecular weight excluding hydrogens is 621 g/mol. The number of aromatic nitrogens is 5. The molecule has 2 N–H and O–H groups in total. The zero-order valence-corrected chi connectivity index (χ0v) is 26.1. The summed E-state index contributed by atoms with van der Waals surface area (Å²) in [6.07, 6.45) is 9.09. The standard InChI is InChI=1S/C29H34IN7OS/c1-17-11-19(22-9-10-31-27(35-22)34-20-13-33-37(6)15-20)12-18-7-8-21(24(17)18)29(5,16-30)36-25(38)23-14-32-26(39-23)28(2,3)4/h9-15,21H,7-8,16H2,1-6H3,(H,36,38)(H,31,34,35)/t21-,29?/m0/s1. The summed E-state index contributed by atoms with van der Waals surface area (Å²) in [5.41, 5.74) is 6.23. The van der Waals surface area contributed by atoms with E-state index in [0.717, 1.165) is 39.2 Å². The van der Waals surface area contributed by atoms with Gasteiger partial charge in [-0.15, -0.1) is 11.3 Å². The number of hydrogen-bond donors (Lipinski definition) is 2. The summed E-state index contributed by atoms with van der Waals surface area (Å²) in [4.78, 5) is 27.7. The summed E-state index contributed by atoms with van der Waals surface area (Å²) in [5, 5.41) is 11.8. The Morgan fingerprint density at radius 3 is 2.67 bits per heavy atom. The van der Waals surface area contributed by atoms with E-state index in [9.17, 15) is 4.79 Å². The Kier molecular flexibility index (Phi) is 7.53. The maximum Gasteiger partial charge on any atom is 0.263 e. The van der Waals surface area contributed by atoms with Gasteiger partial charge in [0.25, 0.3) is 5.91 Å². The van der Waals surface area contributed by atoms with Crippen LogP contribution in [-0.4, -0.2) is 40.6 Å². The summed E-state index contributed by atoms with van der Waals surface area (Å²) in [6.45, 7) is 10.7. The van der Waals surface area contributed by atoms with E-state index in [2.05, 4.69) is 95.0 Å². The molecule has 1 aliphatic carbocycles. The first-order chi connectivity index (χ1) is 18.5. The number of nitrogens with zero attached hydrogens (tertiary/aromatic N) is 5. The molecule has 1 aromatic carbocycles. The summed E-state index contributed by atoms with van der Waals surface area (Å²) >= 11 is 3.90. The van der Waals surface area contributed by atoms with E-state index < -0.39 is 0 Å². The van der Waals surface area contributed by atoms with Crippen molar-refractivity contribution in [2.75, 3.05) is 9.74 Å². The van der Waals surface area contributed by atoms with Gasteiger partial charge >= 0.3 is 0 Å². The van der Waals surface area contributed by atoms with Crippen molar-refractivity contribution in [3.63, 3.8) is 0 Å². The van der Waals surface area contributed by atoms with Gasteiger partial charge in [0.15, 0.2) is 0 Å². The van der Waals surface area contributed by atoms with Gasteiger partial charge in [0.05, 0.1) is 34.3 Å². The SMILES string of the molecule is Cc1cc(-c2ccnc(Nc3cnn(C)c3)n2)cc2c1[C@@H](C(C)(CI)NC(=O)c1cnc(C(C)(C)C)s1)CC2. The van der Waals surface area contributed by atoms with Gasteiger partial charge in [-0.1, -0.05) is 43.4 Å². The zero-order valence-electron chi connectivity index (χ0n) is 23.2. The van der Waals surface area contributed by atoms with Crippen molar-refractivity contribution < 1.29 is 4.79 Å². The molecule has 204 valence electrons. The number of hydrogen-bond acceptors (Lipinski definition) is 7. The van der Waals surface area contributed by atoms with Crippen molar-refractivity contribution in [2.24, 2.45) is 7.05 Å². The Labute approximate surface area is 247 Å². The number of rotatable bonds is 7. The van der Waals surface area contributed by atoms with Gasteiger partial charge in [-0.2, -0.15) is 5.10 Å². The molecule has 3 aromatic heterocycles. The molecular formula is C29H34IN7OS. The molecule has 0 bridgehead atoms. The number of fused-ring (bicyclic) bond motifs is 1. The third kappa shape index (κ3) is 5.72. The van der Waals surface area contributed by atoms with E-state index in [0.29, 0.717) is 10.8 Å². The highest BCUT2D eigenvalue weighted by molar-refractivity contribution is 14.1. The molecule has 0 radical (unpaired) electrons. The molecule has 3 heterocycles. The van der Waals surface area contributed by atoms with Gasteiger partial charge < -0.3 is 10.6 Å². The molecule has 1 unspecified atom stereocenters. The number of amides is 1. The largest absolute Gasteiger partial charge is 0.345 e. The number of thiazole rings is 1. The fourth-order valence-electron chi connectivity index (χ4n) is 5.26. The van der Waals surface area contributed by atoms with Crippen molar-refractivity contribution in [2.45, 2.75) is 64.3 Å². The second-order valence-corrected chi connectivity index (χ2v) is 13.3. The van der Waals surface area contributed by atoms with Crippen molar-refractivity contribution >= 4 is 51.5 Å². The Balaban J connectivity index is 1.39. The van der Waals surface area contributed by atoms with Crippen LogP contribution in [0.15, 0.2) is 43.0 Å². The summed E-state index contributed by atoms with van der Waals surface area (Å²) in [7, 11) is 1.87. The van der Waals surface area contributed by atoms with E-state index in [4.69, 9.17) is 4.98 Å². The zero-order chi connectivity index (χ0) is 27.9. The minimum absolute atomic E-state index is 0.0421. The minimum atomic E-state index is -0.378. The maximum atomic E-state index is 13.3. The third-order valence-electron chi connectivity index (χ3n) is 7.25. The molecule has 0 saturated heterocycles. The van der Waals surface area contributed by atoms with Gasteiger partial charge in [0.2, 0.25) is 5.95 Å². The van der Waals surface area contributed by atoms with Crippen LogP contribution in [0, 0.1) is 6.92 Å². The van der Waals surface area contributed by atoms with Gasteiger partial charge in [0.1, 0.15) is 4.88 Å². The quantitative estimate of drug-likeness (QED) is 0.178. The Bertz CT molecular complexity index is 1520. The molecule has 2 atom stereocenters. The molecule has 4 aromatic rings. The summed E-state index contributed by atoms with van der Waals surface area (Å²) in [6, 6.07) is 6.41. The minimum Gasteiger partial charge on any atom is -0.345 e. The van der Waals surface area contributed by atoms with E-state index in [1.807, 2.05) is 19.3 Å².